The number of thioether (sulfide) groups is 1. The number of amides is 1. The van der Waals surface area contributed by atoms with Crippen molar-refractivity contribution in [1.82, 2.24) is 14.9 Å². The zero-order valence-electron chi connectivity index (χ0n) is 15.3. The molecule has 1 saturated heterocycles. The van der Waals surface area contributed by atoms with Crippen LogP contribution >= 0.6 is 11.8 Å². The van der Waals surface area contributed by atoms with Crippen molar-refractivity contribution in [3.8, 4) is 0 Å². The lowest BCUT2D eigenvalue weighted by Gasteiger charge is -2.21. The van der Waals surface area contributed by atoms with E-state index in [9.17, 15) is 9.59 Å². The Hall–Kier alpha value is -1.86. The fraction of sp³-hybridized carbons (Fsp3) is 0.526. The molecular formula is C19H25N3O3S. The number of ether oxygens (including phenoxy) is 1. The van der Waals surface area contributed by atoms with E-state index in [0.717, 1.165) is 37.5 Å². The van der Waals surface area contributed by atoms with Gasteiger partial charge in [0.25, 0.3) is 5.91 Å². The first-order valence-electron chi connectivity index (χ1n) is 9.08. The molecule has 1 N–H and O–H groups in total. The van der Waals surface area contributed by atoms with Gasteiger partial charge in [-0.25, -0.2) is 4.98 Å². The Morgan fingerprint density at radius 1 is 1.38 bits per heavy atom. The number of nitrogens with zero attached hydrogens (tertiary/aromatic N) is 2. The molecule has 1 fully saturated rings. The van der Waals surface area contributed by atoms with Crippen molar-refractivity contribution in [3.05, 3.63) is 39.8 Å². The van der Waals surface area contributed by atoms with E-state index < -0.39 is 0 Å². The highest BCUT2D eigenvalue weighted by Gasteiger charge is 2.17. The normalized spacial score (nSPS) is 15.3. The number of hydrogen-bond donors (Lipinski definition) is 1. The van der Waals surface area contributed by atoms with E-state index in [1.807, 2.05) is 30.2 Å². The predicted octanol–water partition coefficient (Wildman–Crippen LogP) is 2.37. The summed E-state index contributed by atoms with van der Waals surface area (Å²) in [6.45, 7) is 6.71. The molecule has 0 unspecified atom stereocenters. The van der Waals surface area contributed by atoms with Gasteiger partial charge in [0, 0.05) is 49.2 Å². The van der Waals surface area contributed by atoms with Gasteiger partial charge in [0.15, 0.2) is 0 Å². The van der Waals surface area contributed by atoms with Gasteiger partial charge in [-0.05, 0) is 38.8 Å². The van der Waals surface area contributed by atoms with Crippen molar-refractivity contribution in [1.29, 1.82) is 0 Å². The lowest BCUT2D eigenvalue weighted by Crippen LogP contribution is -2.32. The highest BCUT2D eigenvalue weighted by atomic mass is 32.2. The number of fused-ring (bicyclic) bond motifs is 1. The Morgan fingerprint density at radius 2 is 2.15 bits per heavy atom. The minimum Gasteiger partial charge on any atom is -0.381 e. The minimum atomic E-state index is -0.313. The topological polar surface area (TPSA) is 73.2 Å². The zero-order valence-corrected chi connectivity index (χ0v) is 16.1. The average Bonchev–Trinajstić information content (AvgIpc) is 2.66. The third kappa shape index (κ3) is 4.27. The Labute approximate surface area is 157 Å². The van der Waals surface area contributed by atoms with Gasteiger partial charge in [-0.15, -0.1) is 0 Å². The standard InChI is InChI=1S/C19H25N3O3S/c1-3-22-12-16(17(23)15-5-4-13(2)21-18(15)22)19(24)20-8-11-26-14-6-9-25-10-7-14/h4-5,12,14H,3,6-11H2,1-2H3,(H,20,24). The van der Waals surface area contributed by atoms with Gasteiger partial charge in [0.05, 0.1) is 5.39 Å². The summed E-state index contributed by atoms with van der Waals surface area (Å²) in [5.74, 6) is 0.527. The summed E-state index contributed by atoms with van der Waals surface area (Å²) in [5.41, 5.74) is 1.40. The number of aryl methyl sites for hydroxylation is 2. The van der Waals surface area contributed by atoms with Crippen molar-refractivity contribution in [3.63, 3.8) is 0 Å². The number of hydrogen-bond acceptors (Lipinski definition) is 5. The van der Waals surface area contributed by atoms with E-state index in [4.69, 9.17) is 4.74 Å². The molecule has 140 valence electrons. The van der Waals surface area contributed by atoms with Gasteiger partial charge >= 0.3 is 0 Å². The molecule has 2 aromatic rings. The molecule has 0 radical (unpaired) electrons. The molecule has 1 aliphatic heterocycles. The van der Waals surface area contributed by atoms with E-state index in [-0.39, 0.29) is 16.9 Å². The number of carbonyl (C=O) groups excluding carboxylic acids is 1. The molecule has 0 spiro atoms. The summed E-state index contributed by atoms with van der Waals surface area (Å²) in [4.78, 5) is 29.7. The Balaban J connectivity index is 1.68. The van der Waals surface area contributed by atoms with Crippen molar-refractivity contribution in [2.45, 2.75) is 38.5 Å². The molecule has 2 aromatic heterocycles. The SMILES string of the molecule is CCn1cc(C(=O)NCCSC2CCOCC2)c(=O)c2ccc(C)nc21. The third-order valence-corrected chi connectivity index (χ3v) is 5.94. The maximum Gasteiger partial charge on any atom is 0.256 e. The van der Waals surface area contributed by atoms with Crippen molar-refractivity contribution in [2.75, 3.05) is 25.5 Å². The third-order valence-electron chi connectivity index (χ3n) is 4.56. The van der Waals surface area contributed by atoms with Crippen molar-refractivity contribution < 1.29 is 9.53 Å². The maximum absolute atomic E-state index is 12.7. The number of rotatable bonds is 6. The van der Waals surface area contributed by atoms with Gasteiger partial charge in [-0.1, -0.05) is 0 Å². The van der Waals surface area contributed by atoms with E-state index in [1.165, 1.54) is 0 Å². The van der Waals surface area contributed by atoms with Gasteiger partial charge in [0.1, 0.15) is 11.2 Å². The van der Waals surface area contributed by atoms with Crippen LogP contribution < -0.4 is 10.7 Å². The Morgan fingerprint density at radius 3 is 2.88 bits per heavy atom. The average molecular weight is 375 g/mol. The largest absolute Gasteiger partial charge is 0.381 e. The smallest absolute Gasteiger partial charge is 0.256 e. The molecule has 6 nitrogen and oxygen atoms in total. The number of pyridine rings is 2. The molecule has 1 amide bonds. The van der Waals surface area contributed by atoms with Crippen LogP contribution in [0.4, 0.5) is 0 Å². The predicted molar refractivity (Wildman–Crippen MR) is 105 cm³/mol. The molecular weight excluding hydrogens is 350 g/mol. The lowest BCUT2D eigenvalue weighted by molar-refractivity contribution is 0.0953. The van der Waals surface area contributed by atoms with Crippen LogP contribution in [0, 0.1) is 6.92 Å². The molecule has 0 saturated carbocycles. The summed E-state index contributed by atoms with van der Waals surface area (Å²) in [7, 11) is 0. The first kappa shape index (κ1) is 18.9. The first-order valence-corrected chi connectivity index (χ1v) is 10.1. The van der Waals surface area contributed by atoms with Crippen LogP contribution in [0.3, 0.4) is 0 Å². The zero-order chi connectivity index (χ0) is 18.5. The highest BCUT2D eigenvalue weighted by Crippen LogP contribution is 2.21. The van der Waals surface area contributed by atoms with Crippen LogP contribution in [0.25, 0.3) is 11.0 Å². The van der Waals surface area contributed by atoms with Crippen LogP contribution in [0.2, 0.25) is 0 Å². The molecule has 26 heavy (non-hydrogen) atoms. The van der Waals surface area contributed by atoms with E-state index >= 15 is 0 Å². The number of nitrogens with one attached hydrogen (secondary N) is 1. The Kier molecular flexibility index (Phi) is 6.32. The van der Waals surface area contributed by atoms with Crippen LogP contribution in [0.15, 0.2) is 23.1 Å². The van der Waals surface area contributed by atoms with Crippen LogP contribution in [0.1, 0.15) is 35.8 Å². The van der Waals surface area contributed by atoms with Crippen LogP contribution in [0.5, 0.6) is 0 Å². The molecule has 3 rings (SSSR count). The minimum absolute atomic E-state index is 0.182. The number of carbonyl (C=O) groups is 1. The molecule has 0 aromatic carbocycles. The first-order chi connectivity index (χ1) is 12.6. The quantitative estimate of drug-likeness (QED) is 0.785. The lowest BCUT2D eigenvalue weighted by atomic mass is 10.1. The molecule has 7 heteroatoms. The fourth-order valence-electron chi connectivity index (χ4n) is 3.09. The second kappa shape index (κ2) is 8.68. The van der Waals surface area contributed by atoms with Gasteiger partial charge in [0.2, 0.25) is 5.43 Å². The van der Waals surface area contributed by atoms with E-state index in [0.29, 0.717) is 29.4 Å². The molecule has 1 aliphatic rings. The second-order valence-electron chi connectivity index (χ2n) is 6.42. The summed E-state index contributed by atoms with van der Waals surface area (Å²) in [5, 5.41) is 3.97. The van der Waals surface area contributed by atoms with E-state index in [2.05, 4.69) is 10.3 Å². The molecule has 0 bridgehead atoms. The molecule has 0 atom stereocenters. The highest BCUT2D eigenvalue weighted by molar-refractivity contribution is 7.99. The Bertz CT molecular complexity index is 844. The van der Waals surface area contributed by atoms with Crippen LogP contribution in [-0.2, 0) is 11.3 Å². The monoisotopic (exact) mass is 375 g/mol. The van der Waals surface area contributed by atoms with Gasteiger partial charge in [-0.2, -0.15) is 11.8 Å². The van der Waals surface area contributed by atoms with Crippen molar-refractivity contribution >= 4 is 28.7 Å². The van der Waals surface area contributed by atoms with Crippen molar-refractivity contribution in [2.24, 2.45) is 0 Å². The maximum atomic E-state index is 12.7. The van der Waals surface area contributed by atoms with Gasteiger partial charge < -0.3 is 14.6 Å². The fourth-order valence-corrected chi connectivity index (χ4v) is 4.17. The van der Waals surface area contributed by atoms with Gasteiger partial charge in [-0.3, -0.25) is 9.59 Å². The summed E-state index contributed by atoms with van der Waals surface area (Å²) in [6, 6.07) is 3.56. The number of aromatic nitrogens is 2. The van der Waals surface area contributed by atoms with Crippen LogP contribution in [-0.4, -0.2) is 46.2 Å². The summed E-state index contributed by atoms with van der Waals surface area (Å²) < 4.78 is 7.21. The summed E-state index contributed by atoms with van der Waals surface area (Å²) >= 11 is 1.86. The molecule has 3 heterocycles. The van der Waals surface area contributed by atoms with E-state index in [1.54, 1.807) is 18.3 Å². The summed E-state index contributed by atoms with van der Waals surface area (Å²) in [6.07, 6.45) is 3.76. The molecule has 0 aliphatic carbocycles. The second-order valence-corrected chi connectivity index (χ2v) is 7.83.